The van der Waals surface area contributed by atoms with Gasteiger partial charge in [0.25, 0.3) is 5.56 Å². The molecule has 0 amide bonds. The van der Waals surface area contributed by atoms with Gasteiger partial charge in [-0.1, -0.05) is 6.07 Å². The third-order valence-corrected chi connectivity index (χ3v) is 3.42. The number of aromatic nitrogens is 2. The standard InChI is InChI=1S/C11H11BrClN3O/c12-7-3-1-4-8-9(7)10(17)16(6-2-5-14)11(13)15-8/h1,3-4H,2,5-6,14H2. The topological polar surface area (TPSA) is 60.9 Å². The molecule has 90 valence electrons. The van der Waals surface area contributed by atoms with Crippen molar-refractivity contribution in [2.45, 2.75) is 13.0 Å². The van der Waals surface area contributed by atoms with Gasteiger partial charge in [-0.05, 0) is 52.6 Å². The lowest BCUT2D eigenvalue weighted by atomic mass is 10.2. The highest BCUT2D eigenvalue weighted by atomic mass is 79.9. The molecule has 0 fully saturated rings. The molecule has 0 saturated carbocycles. The average molecular weight is 317 g/mol. The van der Waals surface area contributed by atoms with Gasteiger partial charge in [-0.15, -0.1) is 0 Å². The highest BCUT2D eigenvalue weighted by Gasteiger charge is 2.11. The van der Waals surface area contributed by atoms with Gasteiger partial charge in [-0.2, -0.15) is 0 Å². The molecule has 0 unspecified atom stereocenters. The fourth-order valence-electron chi connectivity index (χ4n) is 1.64. The van der Waals surface area contributed by atoms with Crippen molar-refractivity contribution >= 4 is 38.4 Å². The molecular weight excluding hydrogens is 305 g/mol. The van der Waals surface area contributed by atoms with Crippen molar-refractivity contribution in [3.8, 4) is 0 Å². The molecule has 0 spiro atoms. The minimum atomic E-state index is -0.138. The Hall–Kier alpha value is -0.910. The predicted molar refractivity (Wildman–Crippen MR) is 72.4 cm³/mol. The molecule has 1 aromatic heterocycles. The van der Waals surface area contributed by atoms with Gasteiger partial charge in [0.2, 0.25) is 5.28 Å². The molecule has 1 heterocycles. The maximum absolute atomic E-state index is 12.2. The van der Waals surface area contributed by atoms with Crippen LogP contribution in [0.5, 0.6) is 0 Å². The van der Waals surface area contributed by atoms with Crippen molar-refractivity contribution in [1.82, 2.24) is 9.55 Å². The second-order valence-electron chi connectivity index (χ2n) is 3.61. The quantitative estimate of drug-likeness (QED) is 0.883. The van der Waals surface area contributed by atoms with Gasteiger partial charge < -0.3 is 5.73 Å². The van der Waals surface area contributed by atoms with Crippen LogP contribution in [0.3, 0.4) is 0 Å². The van der Waals surface area contributed by atoms with Crippen molar-refractivity contribution in [1.29, 1.82) is 0 Å². The number of halogens is 2. The monoisotopic (exact) mass is 315 g/mol. The molecule has 0 aliphatic rings. The van der Waals surface area contributed by atoms with E-state index in [2.05, 4.69) is 20.9 Å². The first-order valence-corrected chi connectivity index (χ1v) is 6.37. The van der Waals surface area contributed by atoms with E-state index in [1.807, 2.05) is 12.1 Å². The van der Waals surface area contributed by atoms with E-state index in [0.717, 1.165) is 4.47 Å². The van der Waals surface area contributed by atoms with Gasteiger partial charge >= 0.3 is 0 Å². The summed E-state index contributed by atoms with van der Waals surface area (Å²) in [6.45, 7) is 0.995. The van der Waals surface area contributed by atoms with Gasteiger partial charge in [0, 0.05) is 11.0 Å². The summed E-state index contributed by atoms with van der Waals surface area (Å²) in [7, 11) is 0. The summed E-state index contributed by atoms with van der Waals surface area (Å²) < 4.78 is 2.17. The van der Waals surface area contributed by atoms with E-state index in [1.165, 1.54) is 4.57 Å². The minimum Gasteiger partial charge on any atom is -0.330 e. The first kappa shape index (κ1) is 12.5. The van der Waals surface area contributed by atoms with Crippen LogP contribution in [0.2, 0.25) is 5.28 Å². The summed E-state index contributed by atoms with van der Waals surface area (Å²) in [5, 5.41) is 0.753. The molecule has 0 aliphatic carbocycles. The SMILES string of the molecule is NCCCn1c(Cl)nc2cccc(Br)c2c1=O. The number of hydrogen-bond donors (Lipinski definition) is 1. The number of nitrogens with zero attached hydrogens (tertiary/aromatic N) is 2. The van der Waals surface area contributed by atoms with Crippen LogP contribution in [0.25, 0.3) is 10.9 Å². The van der Waals surface area contributed by atoms with Crippen molar-refractivity contribution < 1.29 is 0 Å². The van der Waals surface area contributed by atoms with Gasteiger partial charge in [-0.25, -0.2) is 4.98 Å². The molecule has 0 atom stereocenters. The van der Waals surface area contributed by atoms with E-state index in [1.54, 1.807) is 6.07 Å². The Kier molecular flexibility index (Phi) is 3.81. The Morgan fingerprint density at radius 3 is 2.94 bits per heavy atom. The smallest absolute Gasteiger partial charge is 0.263 e. The molecule has 0 aliphatic heterocycles. The van der Waals surface area contributed by atoms with E-state index >= 15 is 0 Å². The maximum Gasteiger partial charge on any atom is 0.263 e. The van der Waals surface area contributed by atoms with E-state index in [0.29, 0.717) is 30.4 Å². The molecule has 0 radical (unpaired) electrons. The third kappa shape index (κ3) is 2.36. The number of benzene rings is 1. The maximum atomic E-state index is 12.2. The van der Waals surface area contributed by atoms with E-state index in [4.69, 9.17) is 17.3 Å². The zero-order valence-electron chi connectivity index (χ0n) is 8.99. The van der Waals surface area contributed by atoms with Crippen LogP contribution in [-0.2, 0) is 6.54 Å². The van der Waals surface area contributed by atoms with Gasteiger partial charge in [0.05, 0.1) is 10.9 Å². The fraction of sp³-hybridized carbons (Fsp3) is 0.273. The van der Waals surface area contributed by atoms with Gasteiger partial charge in [0.1, 0.15) is 0 Å². The van der Waals surface area contributed by atoms with E-state index in [-0.39, 0.29) is 10.8 Å². The highest BCUT2D eigenvalue weighted by Crippen LogP contribution is 2.20. The largest absolute Gasteiger partial charge is 0.330 e. The summed E-state index contributed by atoms with van der Waals surface area (Å²) >= 11 is 9.35. The molecule has 6 heteroatoms. The molecule has 2 rings (SSSR count). The molecule has 4 nitrogen and oxygen atoms in total. The molecule has 2 N–H and O–H groups in total. The molecule has 17 heavy (non-hydrogen) atoms. The van der Waals surface area contributed by atoms with Crippen LogP contribution in [0, 0.1) is 0 Å². The molecular formula is C11H11BrClN3O. The van der Waals surface area contributed by atoms with E-state index < -0.39 is 0 Å². The van der Waals surface area contributed by atoms with Gasteiger partial charge in [-0.3, -0.25) is 9.36 Å². The summed E-state index contributed by atoms with van der Waals surface area (Å²) in [4.78, 5) is 16.5. The molecule has 0 saturated heterocycles. The second-order valence-corrected chi connectivity index (χ2v) is 4.81. The van der Waals surface area contributed by atoms with E-state index in [9.17, 15) is 4.79 Å². The fourth-order valence-corrected chi connectivity index (χ4v) is 2.42. The number of nitrogens with two attached hydrogens (primary N) is 1. The van der Waals surface area contributed by atoms with Gasteiger partial charge in [0.15, 0.2) is 0 Å². The van der Waals surface area contributed by atoms with Crippen molar-refractivity contribution in [2.24, 2.45) is 5.73 Å². The number of hydrogen-bond acceptors (Lipinski definition) is 3. The summed E-state index contributed by atoms with van der Waals surface area (Å²) in [6, 6.07) is 5.40. The second kappa shape index (κ2) is 5.16. The highest BCUT2D eigenvalue weighted by molar-refractivity contribution is 9.10. The zero-order chi connectivity index (χ0) is 12.4. The van der Waals surface area contributed by atoms with Crippen molar-refractivity contribution in [3.05, 3.63) is 38.3 Å². The number of fused-ring (bicyclic) bond motifs is 1. The Morgan fingerprint density at radius 1 is 1.47 bits per heavy atom. The van der Waals surface area contributed by atoms with Crippen LogP contribution in [0.15, 0.2) is 27.5 Å². The van der Waals surface area contributed by atoms with Crippen LogP contribution >= 0.6 is 27.5 Å². The summed E-state index contributed by atoms with van der Waals surface area (Å²) in [6.07, 6.45) is 0.692. The Balaban J connectivity index is 2.70. The van der Waals surface area contributed by atoms with Crippen molar-refractivity contribution in [3.63, 3.8) is 0 Å². The first-order chi connectivity index (χ1) is 8.15. The Bertz CT molecular complexity index is 611. The van der Waals surface area contributed by atoms with Crippen molar-refractivity contribution in [2.75, 3.05) is 6.54 Å². The lowest BCUT2D eigenvalue weighted by Crippen LogP contribution is -2.23. The summed E-state index contributed by atoms with van der Waals surface area (Å²) in [5.41, 5.74) is 5.89. The van der Waals surface area contributed by atoms with Crippen LogP contribution in [-0.4, -0.2) is 16.1 Å². The minimum absolute atomic E-state index is 0.138. The molecule has 0 bridgehead atoms. The predicted octanol–water partition coefficient (Wildman–Crippen LogP) is 2.16. The summed E-state index contributed by atoms with van der Waals surface area (Å²) in [5.74, 6) is 0. The molecule has 1 aromatic carbocycles. The average Bonchev–Trinajstić information content (AvgIpc) is 2.28. The van der Waals surface area contributed by atoms with Crippen LogP contribution in [0.4, 0.5) is 0 Å². The lowest BCUT2D eigenvalue weighted by molar-refractivity contribution is 0.625. The van der Waals surface area contributed by atoms with Crippen LogP contribution in [0.1, 0.15) is 6.42 Å². The Labute approximate surface area is 112 Å². The lowest BCUT2D eigenvalue weighted by Gasteiger charge is -2.09. The first-order valence-electron chi connectivity index (χ1n) is 5.20. The third-order valence-electron chi connectivity index (χ3n) is 2.47. The normalized spacial score (nSPS) is 11.0. The zero-order valence-corrected chi connectivity index (χ0v) is 11.3. The molecule has 2 aromatic rings. The number of rotatable bonds is 3. The Morgan fingerprint density at radius 2 is 2.24 bits per heavy atom. The van der Waals surface area contributed by atoms with Crippen LogP contribution < -0.4 is 11.3 Å².